The van der Waals surface area contributed by atoms with Gasteiger partial charge in [-0.2, -0.15) is 9.90 Å². The highest BCUT2D eigenvalue weighted by Crippen LogP contribution is 2.31. The van der Waals surface area contributed by atoms with Gasteiger partial charge < -0.3 is 4.42 Å². The summed E-state index contributed by atoms with van der Waals surface area (Å²) in [5, 5.41) is 10.2. The summed E-state index contributed by atoms with van der Waals surface area (Å²) >= 11 is 0. The molecule has 7 aromatic rings. The van der Waals surface area contributed by atoms with Gasteiger partial charge in [-0.3, -0.25) is 0 Å². The lowest BCUT2D eigenvalue weighted by atomic mass is 10.0. The fourth-order valence-electron chi connectivity index (χ4n) is 4.79. The maximum absolute atomic E-state index is 6.16. The minimum atomic E-state index is 0.854. The van der Waals surface area contributed by atoms with E-state index in [1.807, 2.05) is 54.6 Å². The number of hydrogen-bond acceptors (Lipinski definition) is 3. The van der Waals surface area contributed by atoms with Crippen LogP contribution in [0.4, 0.5) is 0 Å². The van der Waals surface area contributed by atoms with Gasteiger partial charge in [0.1, 0.15) is 17.0 Å². The van der Waals surface area contributed by atoms with Crippen LogP contribution in [0.15, 0.2) is 144 Å². The van der Waals surface area contributed by atoms with E-state index in [2.05, 4.69) is 101 Å². The van der Waals surface area contributed by atoms with Gasteiger partial charge in [-0.1, -0.05) is 115 Å². The molecule has 0 spiro atoms. The molecule has 0 saturated carbocycles. The molecule has 0 radical (unpaired) electrons. The lowest BCUT2D eigenvalue weighted by Gasteiger charge is -2.01. The van der Waals surface area contributed by atoms with Gasteiger partial charge in [-0.05, 0) is 52.6 Å². The van der Waals surface area contributed by atoms with E-state index in [0.717, 1.165) is 50.4 Å². The van der Waals surface area contributed by atoms with E-state index in [9.17, 15) is 0 Å². The Morgan fingerprint density at radius 2 is 1.18 bits per heavy atom. The minimum Gasteiger partial charge on any atom is -0.456 e. The Morgan fingerprint density at radius 1 is 0.550 bits per heavy atom. The molecule has 0 atom stereocenters. The molecule has 0 N–H and O–H groups in total. The van der Waals surface area contributed by atoms with Crippen LogP contribution in [-0.4, -0.2) is 15.0 Å². The van der Waals surface area contributed by atoms with Gasteiger partial charge >= 0.3 is 0 Å². The van der Waals surface area contributed by atoms with Crippen molar-refractivity contribution in [1.29, 1.82) is 0 Å². The third kappa shape index (κ3) is 4.86. The molecule has 0 aliphatic heterocycles. The highest BCUT2D eigenvalue weighted by Gasteiger charge is 2.08. The van der Waals surface area contributed by atoms with Gasteiger partial charge in [0.15, 0.2) is 0 Å². The van der Waals surface area contributed by atoms with Gasteiger partial charge in [-0.25, -0.2) is 0 Å². The van der Waals surface area contributed by atoms with Gasteiger partial charge in [0.2, 0.25) is 0 Å². The first-order valence-corrected chi connectivity index (χ1v) is 13.2. The summed E-state index contributed by atoms with van der Waals surface area (Å²) in [6.45, 7) is 0. The molecule has 190 valence electrons. The summed E-state index contributed by atoms with van der Waals surface area (Å²) in [4.78, 5) is 1.66. The Labute approximate surface area is 232 Å². The number of fused-ring (bicyclic) bond motifs is 1. The fraction of sp³-hybridized carbons (Fsp3) is 0. The molecule has 0 unspecified atom stereocenters. The van der Waals surface area contributed by atoms with Crippen LogP contribution in [0.3, 0.4) is 0 Å². The van der Waals surface area contributed by atoms with Crippen molar-refractivity contribution < 1.29 is 4.42 Å². The lowest BCUT2D eigenvalue weighted by Crippen LogP contribution is -1.98. The van der Waals surface area contributed by atoms with Crippen LogP contribution < -0.4 is 0 Å². The second-order valence-corrected chi connectivity index (χ2v) is 9.66. The number of rotatable bonds is 6. The van der Waals surface area contributed by atoms with Crippen molar-refractivity contribution in [3.8, 4) is 39.4 Å². The van der Waals surface area contributed by atoms with Crippen LogP contribution in [-0.2, 0) is 0 Å². The smallest absolute Gasteiger partial charge is 0.135 e. The van der Waals surface area contributed by atoms with E-state index in [1.54, 1.807) is 11.0 Å². The molecule has 0 fully saturated rings. The SMILES string of the molecule is C(=C\c1ccc(-n2ncc(-c3ccccc3)n2)cc1)/c1ccc(-c2cc3cc(-c4ccccc4)ccc3o2)cc1. The van der Waals surface area contributed by atoms with Gasteiger partial charge in [0.25, 0.3) is 0 Å². The third-order valence-electron chi connectivity index (χ3n) is 6.97. The Kier molecular flexibility index (Phi) is 6.11. The second kappa shape index (κ2) is 10.4. The van der Waals surface area contributed by atoms with Crippen LogP contribution >= 0.6 is 0 Å². The predicted molar refractivity (Wildman–Crippen MR) is 163 cm³/mol. The second-order valence-electron chi connectivity index (χ2n) is 9.66. The molecule has 2 aromatic heterocycles. The van der Waals surface area contributed by atoms with Crippen molar-refractivity contribution in [1.82, 2.24) is 15.0 Å². The third-order valence-corrected chi connectivity index (χ3v) is 6.97. The molecule has 0 saturated heterocycles. The zero-order valence-electron chi connectivity index (χ0n) is 21.7. The first-order chi connectivity index (χ1) is 19.8. The molecule has 0 bridgehead atoms. The molecule has 0 aliphatic carbocycles. The molecule has 0 aliphatic rings. The minimum absolute atomic E-state index is 0.854. The van der Waals surface area contributed by atoms with Crippen molar-refractivity contribution in [2.75, 3.05) is 0 Å². The Morgan fingerprint density at radius 3 is 1.88 bits per heavy atom. The summed E-state index contributed by atoms with van der Waals surface area (Å²) in [7, 11) is 0. The van der Waals surface area contributed by atoms with Crippen molar-refractivity contribution in [2.24, 2.45) is 0 Å². The molecular weight excluding hydrogens is 490 g/mol. The quantitative estimate of drug-likeness (QED) is 0.207. The first-order valence-electron chi connectivity index (χ1n) is 13.2. The zero-order valence-corrected chi connectivity index (χ0v) is 21.7. The summed E-state index contributed by atoms with van der Waals surface area (Å²) in [6.07, 6.45) is 6.01. The van der Waals surface area contributed by atoms with Crippen LogP contribution in [0, 0.1) is 0 Å². The lowest BCUT2D eigenvalue weighted by molar-refractivity contribution is 0.631. The monoisotopic (exact) mass is 515 g/mol. The maximum Gasteiger partial charge on any atom is 0.135 e. The van der Waals surface area contributed by atoms with Crippen LogP contribution in [0.1, 0.15) is 11.1 Å². The standard InChI is InChI=1S/C36H25N3O/c1-3-7-28(8-4-1)31-19-22-35-32(23-31)24-36(40-35)30-17-13-26(14-18-30)11-12-27-15-20-33(21-16-27)39-37-25-34(38-39)29-9-5-2-6-10-29/h1-25H/b12-11+. The molecule has 40 heavy (non-hydrogen) atoms. The van der Waals surface area contributed by atoms with Crippen LogP contribution in [0.25, 0.3) is 62.5 Å². The van der Waals surface area contributed by atoms with Gasteiger partial charge in [0.05, 0.1) is 11.9 Å². The summed E-state index contributed by atoms with van der Waals surface area (Å²) in [5.74, 6) is 0.869. The molecular formula is C36H25N3O. The Hall–Kier alpha value is -5.48. The number of hydrogen-bond donors (Lipinski definition) is 0. The van der Waals surface area contributed by atoms with Crippen LogP contribution in [0.2, 0.25) is 0 Å². The summed E-state index contributed by atoms with van der Waals surface area (Å²) in [6, 6.07) is 45.6. The van der Waals surface area contributed by atoms with E-state index >= 15 is 0 Å². The number of aromatic nitrogens is 3. The van der Waals surface area contributed by atoms with Crippen molar-refractivity contribution in [3.05, 3.63) is 151 Å². The topological polar surface area (TPSA) is 43.9 Å². The van der Waals surface area contributed by atoms with E-state index in [1.165, 1.54) is 11.1 Å². The van der Waals surface area contributed by atoms with E-state index in [4.69, 9.17) is 4.42 Å². The van der Waals surface area contributed by atoms with Gasteiger partial charge in [0, 0.05) is 16.5 Å². The molecule has 7 rings (SSSR count). The normalized spacial score (nSPS) is 11.4. The Bertz CT molecular complexity index is 1910. The maximum atomic E-state index is 6.16. The van der Waals surface area contributed by atoms with E-state index in [0.29, 0.717) is 0 Å². The number of furan rings is 1. The van der Waals surface area contributed by atoms with Crippen molar-refractivity contribution >= 4 is 23.1 Å². The fourth-order valence-corrected chi connectivity index (χ4v) is 4.79. The average Bonchev–Trinajstić information content (AvgIpc) is 3.69. The number of nitrogens with zero attached hydrogens (tertiary/aromatic N) is 3. The first kappa shape index (κ1) is 23.6. The molecule has 4 nitrogen and oxygen atoms in total. The molecule has 5 aromatic carbocycles. The van der Waals surface area contributed by atoms with Crippen LogP contribution in [0.5, 0.6) is 0 Å². The Balaban J connectivity index is 1.04. The molecule has 2 heterocycles. The predicted octanol–water partition coefficient (Wildman–Crippen LogP) is 9.18. The highest BCUT2D eigenvalue weighted by atomic mass is 16.3. The van der Waals surface area contributed by atoms with E-state index < -0.39 is 0 Å². The highest BCUT2D eigenvalue weighted by molar-refractivity contribution is 5.87. The van der Waals surface area contributed by atoms with Crippen molar-refractivity contribution in [2.45, 2.75) is 0 Å². The number of benzene rings is 5. The summed E-state index contributed by atoms with van der Waals surface area (Å²) in [5.41, 5.74) is 9.39. The average molecular weight is 516 g/mol. The molecule has 4 heteroatoms. The zero-order chi connectivity index (χ0) is 26.7. The molecule has 0 amide bonds. The summed E-state index contributed by atoms with van der Waals surface area (Å²) < 4.78 is 6.16. The van der Waals surface area contributed by atoms with Gasteiger partial charge in [-0.15, -0.1) is 5.10 Å². The largest absolute Gasteiger partial charge is 0.456 e. The van der Waals surface area contributed by atoms with Crippen molar-refractivity contribution in [3.63, 3.8) is 0 Å². The van der Waals surface area contributed by atoms with E-state index in [-0.39, 0.29) is 0 Å².